The van der Waals surface area contributed by atoms with E-state index in [0.717, 1.165) is 5.56 Å². The van der Waals surface area contributed by atoms with Crippen LogP contribution in [0.3, 0.4) is 0 Å². The van der Waals surface area contributed by atoms with Gasteiger partial charge in [-0.2, -0.15) is 0 Å². The van der Waals surface area contributed by atoms with Crippen molar-refractivity contribution in [3.05, 3.63) is 35.9 Å². The van der Waals surface area contributed by atoms with Crippen molar-refractivity contribution in [2.24, 2.45) is 0 Å². The summed E-state index contributed by atoms with van der Waals surface area (Å²) in [5.41, 5.74) is 0.953. The maximum absolute atomic E-state index is 9.57. The predicted molar refractivity (Wildman–Crippen MR) is 47.9 cm³/mol. The summed E-state index contributed by atoms with van der Waals surface area (Å²) in [6.45, 7) is 0.593. The van der Waals surface area contributed by atoms with Crippen molar-refractivity contribution < 1.29 is 9.84 Å². The standard InChI is InChI=1S/C10H14O2/c1-12-8-7-10(11)9-5-3-2-4-6-9/h2-6,10-11H,7-8H2,1H3. The van der Waals surface area contributed by atoms with E-state index < -0.39 is 6.10 Å². The number of hydrogen-bond acceptors (Lipinski definition) is 2. The third-order valence-corrected chi connectivity index (χ3v) is 1.78. The highest BCUT2D eigenvalue weighted by Crippen LogP contribution is 2.15. The molecule has 0 spiro atoms. The summed E-state index contributed by atoms with van der Waals surface area (Å²) >= 11 is 0. The third-order valence-electron chi connectivity index (χ3n) is 1.78. The van der Waals surface area contributed by atoms with Crippen LogP contribution in [0.5, 0.6) is 0 Å². The average molecular weight is 166 g/mol. The number of methoxy groups -OCH3 is 1. The van der Waals surface area contributed by atoms with E-state index in [9.17, 15) is 5.11 Å². The Balaban J connectivity index is 2.48. The Hall–Kier alpha value is -0.860. The van der Waals surface area contributed by atoms with Crippen molar-refractivity contribution in [2.75, 3.05) is 13.7 Å². The average Bonchev–Trinajstić information content (AvgIpc) is 2.15. The van der Waals surface area contributed by atoms with Crippen LogP contribution in [0, 0.1) is 0 Å². The molecule has 0 aliphatic rings. The normalized spacial score (nSPS) is 12.8. The zero-order chi connectivity index (χ0) is 8.81. The second-order valence-corrected chi connectivity index (χ2v) is 2.71. The van der Waals surface area contributed by atoms with E-state index in [1.165, 1.54) is 0 Å². The molecule has 66 valence electrons. The summed E-state index contributed by atoms with van der Waals surface area (Å²) in [6.07, 6.45) is 0.256. The minimum atomic E-state index is -0.397. The van der Waals surface area contributed by atoms with Gasteiger partial charge in [0.05, 0.1) is 6.10 Å². The van der Waals surface area contributed by atoms with E-state index in [1.807, 2.05) is 30.3 Å². The predicted octanol–water partition coefficient (Wildman–Crippen LogP) is 1.76. The molecule has 0 heterocycles. The first-order chi connectivity index (χ1) is 5.84. The van der Waals surface area contributed by atoms with Crippen LogP contribution in [0.15, 0.2) is 30.3 Å². The van der Waals surface area contributed by atoms with Crippen LogP contribution < -0.4 is 0 Å². The lowest BCUT2D eigenvalue weighted by Crippen LogP contribution is -2.01. The van der Waals surface area contributed by atoms with Crippen molar-refractivity contribution >= 4 is 0 Å². The molecule has 0 aromatic heterocycles. The molecule has 1 unspecified atom stereocenters. The summed E-state index contributed by atoms with van der Waals surface area (Å²) < 4.78 is 4.87. The van der Waals surface area contributed by atoms with E-state index in [0.29, 0.717) is 13.0 Å². The summed E-state index contributed by atoms with van der Waals surface area (Å²) in [7, 11) is 1.64. The molecule has 12 heavy (non-hydrogen) atoms. The maximum atomic E-state index is 9.57. The second-order valence-electron chi connectivity index (χ2n) is 2.71. The molecule has 1 atom stereocenters. The first-order valence-electron chi connectivity index (χ1n) is 4.06. The molecule has 1 aromatic carbocycles. The Kier molecular flexibility index (Phi) is 3.77. The fourth-order valence-corrected chi connectivity index (χ4v) is 1.07. The summed E-state index contributed by atoms with van der Waals surface area (Å²) in [5.74, 6) is 0. The van der Waals surface area contributed by atoms with E-state index in [2.05, 4.69) is 0 Å². The monoisotopic (exact) mass is 166 g/mol. The van der Waals surface area contributed by atoms with E-state index >= 15 is 0 Å². The van der Waals surface area contributed by atoms with Gasteiger partial charge in [-0.1, -0.05) is 30.3 Å². The topological polar surface area (TPSA) is 29.5 Å². The van der Waals surface area contributed by atoms with Gasteiger partial charge in [0.2, 0.25) is 0 Å². The minimum Gasteiger partial charge on any atom is -0.388 e. The molecule has 0 amide bonds. The van der Waals surface area contributed by atoms with Gasteiger partial charge in [0, 0.05) is 20.1 Å². The molecule has 2 heteroatoms. The first-order valence-corrected chi connectivity index (χ1v) is 4.06. The van der Waals surface area contributed by atoms with Gasteiger partial charge >= 0.3 is 0 Å². The molecule has 0 aliphatic heterocycles. The summed E-state index contributed by atoms with van der Waals surface area (Å²) in [4.78, 5) is 0. The maximum Gasteiger partial charge on any atom is 0.0812 e. The van der Waals surface area contributed by atoms with E-state index in [-0.39, 0.29) is 0 Å². The van der Waals surface area contributed by atoms with Crippen LogP contribution in [-0.4, -0.2) is 18.8 Å². The zero-order valence-corrected chi connectivity index (χ0v) is 7.23. The molecule has 1 rings (SSSR count). The van der Waals surface area contributed by atoms with Crippen LogP contribution in [-0.2, 0) is 4.74 Å². The van der Waals surface area contributed by atoms with Gasteiger partial charge in [0.15, 0.2) is 0 Å². The number of aliphatic hydroxyl groups is 1. The van der Waals surface area contributed by atoms with Gasteiger partial charge < -0.3 is 9.84 Å². The first kappa shape index (κ1) is 9.23. The van der Waals surface area contributed by atoms with Gasteiger partial charge in [0.1, 0.15) is 0 Å². The number of ether oxygens (including phenoxy) is 1. The van der Waals surface area contributed by atoms with Gasteiger partial charge in [-0.15, -0.1) is 0 Å². The van der Waals surface area contributed by atoms with Gasteiger partial charge in [-0.3, -0.25) is 0 Å². The van der Waals surface area contributed by atoms with Crippen LogP contribution in [0.25, 0.3) is 0 Å². The van der Waals surface area contributed by atoms with Crippen molar-refractivity contribution in [3.8, 4) is 0 Å². The largest absolute Gasteiger partial charge is 0.388 e. The van der Waals surface area contributed by atoms with Crippen LogP contribution in [0.2, 0.25) is 0 Å². The highest BCUT2D eigenvalue weighted by atomic mass is 16.5. The fourth-order valence-electron chi connectivity index (χ4n) is 1.07. The van der Waals surface area contributed by atoms with Crippen LogP contribution in [0.1, 0.15) is 18.1 Å². The Morgan fingerprint density at radius 1 is 1.33 bits per heavy atom. The van der Waals surface area contributed by atoms with Crippen LogP contribution >= 0.6 is 0 Å². The highest BCUT2D eigenvalue weighted by molar-refractivity contribution is 5.16. The molecule has 2 nitrogen and oxygen atoms in total. The molecule has 0 fully saturated rings. The van der Waals surface area contributed by atoms with Gasteiger partial charge in [-0.05, 0) is 5.56 Å². The van der Waals surface area contributed by atoms with E-state index in [1.54, 1.807) is 7.11 Å². The van der Waals surface area contributed by atoms with Crippen molar-refractivity contribution in [2.45, 2.75) is 12.5 Å². The molecule has 0 radical (unpaired) electrons. The molecule has 0 saturated carbocycles. The molecule has 1 N–H and O–H groups in total. The van der Waals surface area contributed by atoms with Crippen LogP contribution in [0.4, 0.5) is 0 Å². The van der Waals surface area contributed by atoms with Crippen molar-refractivity contribution in [1.29, 1.82) is 0 Å². The highest BCUT2D eigenvalue weighted by Gasteiger charge is 2.04. The lowest BCUT2D eigenvalue weighted by molar-refractivity contribution is 0.110. The Labute approximate surface area is 72.8 Å². The second kappa shape index (κ2) is 4.91. The number of aliphatic hydroxyl groups excluding tert-OH is 1. The molecular formula is C10H14O2. The van der Waals surface area contributed by atoms with E-state index in [4.69, 9.17) is 4.74 Å². The number of benzene rings is 1. The number of hydrogen-bond donors (Lipinski definition) is 1. The van der Waals surface area contributed by atoms with Gasteiger partial charge in [0.25, 0.3) is 0 Å². The third kappa shape index (κ3) is 2.64. The quantitative estimate of drug-likeness (QED) is 0.738. The fraction of sp³-hybridized carbons (Fsp3) is 0.400. The molecule has 1 aromatic rings. The Morgan fingerprint density at radius 2 is 2.00 bits per heavy atom. The van der Waals surface area contributed by atoms with Crippen molar-refractivity contribution in [3.63, 3.8) is 0 Å². The van der Waals surface area contributed by atoms with Crippen molar-refractivity contribution in [1.82, 2.24) is 0 Å². The Morgan fingerprint density at radius 3 is 2.58 bits per heavy atom. The SMILES string of the molecule is COCCC(O)c1ccccc1. The van der Waals surface area contributed by atoms with Gasteiger partial charge in [-0.25, -0.2) is 0 Å². The molecule has 0 bridgehead atoms. The smallest absolute Gasteiger partial charge is 0.0812 e. The Bertz CT molecular complexity index is 208. The lowest BCUT2D eigenvalue weighted by atomic mass is 10.1. The molecular weight excluding hydrogens is 152 g/mol. The minimum absolute atomic E-state index is 0.397. The lowest BCUT2D eigenvalue weighted by Gasteiger charge is -2.09. The molecule has 0 saturated heterocycles. The summed E-state index contributed by atoms with van der Waals surface area (Å²) in [5, 5.41) is 9.57. The molecule has 0 aliphatic carbocycles. The number of rotatable bonds is 4. The summed E-state index contributed by atoms with van der Waals surface area (Å²) in [6, 6.07) is 9.61. The zero-order valence-electron chi connectivity index (χ0n) is 7.23.